The minimum Gasteiger partial charge on any atom is -0.511 e. The van der Waals surface area contributed by atoms with Crippen LogP contribution < -0.4 is 5.32 Å². The monoisotopic (exact) mass is 312 g/mol. The quantitative estimate of drug-likeness (QED) is 0.487. The van der Waals surface area contributed by atoms with Crippen molar-refractivity contribution in [2.75, 3.05) is 5.32 Å². The number of allylic oxidation sites excluding steroid dienone is 1. The Bertz CT molecular complexity index is 599. The summed E-state index contributed by atoms with van der Waals surface area (Å²) in [7, 11) is 0. The number of alkyl halides is 3. The second kappa shape index (κ2) is 7.50. The molecule has 118 valence electrons. The van der Waals surface area contributed by atoms with E-state index in [4.69, 9.17) is 5.26 Å². The highest BCUT2D eigenvalue weighted by atomic mass is 19.4. The van der Waals surface area contributed by atoms with Crippen molar-refractivity contribution in [2.24, 2.45) is 0 Å². The zero-order chi connectivity index (χ0) is 16.8. The molecule has 22 heavy (non-hydrogen) atoms. The maximum atomic E-state index is 12.4. The molecule has 0 radical (unpaired) electrons. The average Bonchev–Trinajstić information content (AvgIpc) is 2.45. The number of nitrogens with zero attached hydrogens (tertiary/aromatic N) is 1. The van der Waals surface area contributed by atoms with Crippen molar-refractivity contribution in [3.63, 3.8) is 0 Å². The van der Waals surface area contributed by atoms with Crippen molar-refractivity contribution < 1.29 is 23.1 Å². The van der Waals surface area contributed by atoms with Gasteiger partial charge in [0, 0.05) is 12.1 Å². The predicted molar refractivity (Wildman–Crippen MR) is 74.9 cm³/mol. The molecule has 0 atom stereocenters. The van der Waals surface area contributed by atoms with Crippen LogP contribution in [-0.4, -0.2) is 11.0 Å². The van der Waals surface area contributed by atoms with Gasteiger partial charge in [-0.05, 0) is 30.7 Å². The van der Waals surface area contributed by atoms with Gasteiger partial charge in [0.2, 0.25) is 0 Å². The van der Waals surface area contributed by atoms with Gasteiger partial charge < -0.3 is 10.4 Å². The Morgan fingerprint density at radius 1 is 1.32 bits per heavy atom. The molecule has 7 heteroatoms. The molecule has 0 saturated carbocycles. The normalized spacial score (nSPS) is 12.3. The van der Waals surface area contributed by atoms with E-state index in [9.17, 15) is 23.1 Å². The second-order valence-electron chi connectivity index (χ2n) is 4.57. The molecule has 0 aliphatic heterocycles. The lowest BCUT2D eigenvalue weighted by Gasteiger charge is -2.09. The number of aliphatic hydroxyl groups is 1. The Labute approximate surface area is 125 Å². The smallest absolute Gasteiger partial charge is 0.416 e. The molecule has 1 aromatic carbocycles. The molecular formula is C15H15F3N2O2. The number of benzene rings is 1. The third-order valence-electron chi connectivity index (χ3n) is 2.86. The largest absolute Gasteiger partial charge is 0.511 e. The van der Waals surface area contributed by atoms with E-state index in [2.05, 4.69) is 5.32 Å². The van der Waals surface area contributed by atoms with E-state index in [-0.39, 0.29) is 17.9 Å². The van der Waals surface area contributed by atoms with Crippen LogP contribution in [0.1, 0.15) is 31.7 Å². The summed E-state index contributed by atoms with van der Waals surface area (Å²) in [5, 5.41) is 20.9. The van der Waals surface area contributed by atoms with Gasteiger partial charge in [-0.25, -0.2) is 0 Å². The van der Waals surface area contributed by atoms with Crippen molar-refractivity contribution in [3.8, 4) is 6.07 Å². The molecule has 4 nitrogen and oxygen atoms in total. The fraction of sp³-hybridized carbons (Fsp3) is 0.333. The number of hydrogen-bond acceptors (Lipinski definition) is 3. The van der Waals surface area contributed by atoms with Crippen LogP contribution in [0.4, 0.5) is 18.9 Å². The highest BCUT2D eigenvalue weighted by molar-refractivity contribution is 6.06. The number of hydrogen-bond donors (Lipinski definition) is 2. The SMILES string of the molecule is CCCC/C(O)=C(\C#N)C(=O)Nc1ccc(C(F)(F)F)cc1. The molecule has 0 aliphatic rings. The molecule has 2 N–H and O–H groups in total. The minimum atomic E-state index is -4.46. The van der Waals surface area contributed by atoms with Crippen LogP contribution in [0.25, 0.3) is 0 Å². The molecule has 1 aromatic rings. The molecular weight excluding hydrogens is 297 g/mol. The predicted octanol–water partition coefficient (Wildman–Crippen LogP) is 4.17. The molecule has 0 aromatic heterocycles. The van der Waals surface area contributed by atoms with Crippen LogP contribution >= 0.6 is 0 Å². The molecule has 0 fully saturated rings. The highest BCUT2D eigenvalue weighted by Crippen LogP contribution is 2.29. The number of rotatable bonds is 5. The number of nitrogens with one attached hydrogen (secondary N) is 1. The van der Waals surface area contributed by atoms with Crippen molar-refractivity contribution in [2.45, 2.75) is 32.4 Å². The van der Waals surface area contributed by atoms with E-state index in [0.29, 0.717) is 6.42 Å². The van der Waals surface area contributed by atoms with Gasteiger partial charge in [0.05, 0.1) is 5.56 Å². The lowest BCUT2D eigenvalue weighted by molar-refractivity contribution is -0.137. The minimum absolute atomic E-state index is 0.106. The van der Waals surface area contributed by atoms with E-state index in [1.165, 1.54) is 0 Å². The molecule has 1 rings (SSSR count). The third-order valence-corrected chi connectivity index (χ3v) is 2.86. The summed E-state index contributed by atoms with van der Waals surface area (Å²) in [6.07, 6.45) is -2.87. The number of anilines is 1. The summed E-state index contributed by atoms with van der Waals surface area (Å²) >= 11 is 0. The molecule has 0 saturated heterocycles. The van der Waals surface area contributed by atoms with E-state index in [0.717, 1.165) is 30.7 Å². The summed E-state index contributed by atoms with van der Waals surface area (Å²) in [5.74, 6) is -1.18. The van der Waals surface area contributed by atoms with Gasteiger partial charge in [-0.1, -0.05) is 13.3 Å². The van der Waals surface area contributed by atoms with Crippen molar-refractivity contribution >= 4 is 11.6 Å². The van der Waals surface area contributed by atoms with E-state index >= 15 is 0 Å². The molecule has 0 unspecified atom stereocenters. The van der Waals surface area contributed by atoms with E-state index in [1.54, 1.807) is 6.07 Å². The van der Waals surface area contributed by atoms with E-state index in [1.807, 2.05) is 6.92 Å². The highest BCUT2D eigenvalue weighted by Gasteiger charge is 2.30. The van der Waals surface area contributed by atoms with Crippen LogP contribution in [0.2, 0.25) is 0 Å². The third kappa shape index (κ3) is 4.81. The maximum Gasteiger partial charge on any atom is 0.416 e. The van der Waals surface area contributed by atoms with Gasteiger partial charge in [0.15, 0.2) is 5.57 Å². The first-order valence-electron chi connectivity index (χ1n) is 6.60. The second-order valence-corrected chi connectivity index (χ2v) is 4.57. The summed E-state index contributed by atoms with van der Waals surface area (Å²) in [6.45, 7) is 1.89. The van der Waals surface area contributed by atoms with Gasteiger partial charge in [-0.2, -0.15) is 18.4 Å². The standard InChI is InChI=1S/C15H15F3N2O2/c1-2-3-4-13(21)12(9-19)14(22)20-11-7-5-10(6-8-11)15(16,17)18/h5-8,21H,2-4H2,1H3,(H,20,22)/b13-12-. The van der Waals surface area contributed by atoms with Crippen molar-refractivity contribution in [1.29, 1.82) is 5.26 Å². The topological polar surface area (TPSA) is 73.1 Å². The molecule has 0 heterocycles. The summed E-state index contributed by atoms with van der Waals surface area (Å²) in [6, 6.07) is 5.41. The Morgan fingerprint density at radius 2 is 1.91 bits per heavy atom. The first-order chi connectivity index (χ1) is 10.3. The number of aliphatic hydroxyl groups excluding tert-OH is 1. The van der Waals surface area contributed by atoms with Crippen LogP contribution in [0.15, 0.2) is 35.6 Å². The van der Waals surface area contributed by atoms with Crippen LogP contribution in [0, 0.1) is 11.3 Å². The molecule has 1 amide bonds. The Kier molecular flexibility index (Phi) is 5.99. The van der Waals surface area contributed by atoms with Gasteiger partial charge in [-0.15, -0.1) is 0 Å². The zero-order valence-corrected chi connectivity index (χ0v) is 11.9. The van der Waals surface area contributed by atoms with Gasteiger partial charge in [0.1, 0.15) is 11.8 Å². The Hall–Kier alpha value is -2.49. The van der Waals surface area contributed by atoms with Gasteiger partial charge in [0.25, 0.3) is 5.91 Å². The Balaban J connectivity index is 2.85. The molecule has 0 bridgehead atoms. The van der Waals surface area contributed by atoms with Crippen molar-refractivity contribution in [3.05, 3.63) is 41.2 Å². The van der Waals surface area contributed by atoms with E-state index < -0.39 is 23.2 Å². The Morgan fingerprint density at radius 3 is 2.36 bits per heavy atom. The molecule has 0 aliphatic carbocycles. The van der Waals surface area contributed by atoms with Crippen LogP contribution in [0.5, 0.6) is 0 Å². The number of halogens is 3. The summed E-state index contributed by atoms with van der Waals surface area (Å²) < 4.78 is 37.3. The number of amides is 1. The number of nitriles is 1. The lowest BCUT2D eigenvalue weighted by Crippen LogP contribution is -2.15. The number of unbranched alkanes of at least 4 members (excludes halogenated alkanes) is 1. The van der Waals surface area contributed by atoms with Gasteiger partial charge in [-0.3, -0.25) is 4.79 Å². The summed E-state index contributed by atoms with van der Waals surface area (Å²) in [5.41, 5.74) is -1.17. The summed E-state index contributed by atoms with van der Waals surface area (Å²) in [4.78, 5) is 11.9. The van der Waals surface area contributed by atoms with Gasteiger partial charge >= 0.3 is 6.18 Å². The molecule has 0 spiro atoms. The van der Waals surface area contributed by atoms with Crippen LogP contribution in [-0.2, 0) is 11.0 Å². The number of carbonyl (C=O) groups excluding carboxylic acids is 1. The zero-order valence-electron chi connectivity index (χ0n) is 11.9. The first kappa shape index (κ1) is 17.6. The average molecular weight is 312 g/mol. The first-order valence-corrected chi connectivity index (χ1v) is 6.60. The maximum absolute atomic E-state index is 12.4. The fourth-order valence-corrected chi connectivity index (χ4v) is 1.65. The number of carbonyl (C=O) groups is 1. The fourth-order valence-electron chi connectivity index (χ4n) is 1.65. The lowest BCUT2D eigenvalue weighted by atomic mass is 10.1. The van der Waals surface area contributed by atoms with Crippen molar-refractivity contribution in [1.82, 2.24) is 0 Å². The van der Waals surface area contributed by atoms with Crippen LogP contribution in [0.3, 0.4) is 0 Å².